The maximum absolute atomic E-state index is 4.87. The number of hydrogen-bond donors (Lipinski definition) is 0. The van der Waals surface area contributed by atoms with Crippen molar-refractivity contribution < 1.29 is 0 Å². The molecule has 0 aliphatic carbocycles. The van der Waals surface area contributed by atoms with Gasteiger partial charge in [-0.2, -0.15) is 0 Å². The molecule has 1 heteroatoms. The second-order valence-corrected chi connectivity index (χ2v) is 6.02. The minimum absolute atomic E-state index is 0.105. The van der Waals surface area contributed by atoms with Crippen LogP contribution in [0.25, 0.3) is 10.8 Å². The lowest BCUT2D eigenvalue weighted by atomic mass is 9.89. The molecule has 0 aliphatic heterocycles. The quantitative estimate of drug-likeness (QED) is 0.690. The predicted octanol–water partition coefficient (Wildman–Crippen LogP) is 4.66. The summed E-state index contributed by atoms with van der Waals surface area (Å²) >= 11 is 0. The van der Waals surface area contributed by atoms with Gasteiger partial charge in [0, 0.05) is 16.5 Å². The topological polar surface area (TPSA) is 12.9 Å². The zero-order valence-corrected chi connectivity index (χ0v) is 11.4. The van der Waals surface area contributed by atoms with Crippen LogP contribution in [0.3, 0.4) is 0 Å². The molecule has 0 N–H and O–H groups in total. The molecular formula is C16H21N. The first kappa shape index (κ1) is 12.1. The second kappa shape index (κ2) is 4.14. The molecule has 0 spiro atoms. The summed E-state index contributed by atoms with van der Waals surface area (Å²) < 4.78 is 0. The fourth-order valence-electron chi connectivity index (χ4n) is 2.05. The molecule has 17 heavy (non-hydrogen) atoms. The van der Waals surface area contributed by atoms with Crippen LogP contribution >= 0.6 is 0 Å². The monoisotopic (exact) mass is 227 g/mol. The molecule has 90 valence electrons. The summed E-state index contributed by atoms with van der Waals surface area (Å²) in [4.78, 5) is 4.87. The fraction of sp³-hybridized carbons (Fsp3) is 0.438. The van der Waals surface area contributed by atoms with Gasteiger partial charge >= 0.3 is 0 Å². The number of nitrogens with zero attached hydrogens (tertiary/aromatic N) is 1. The van der Waals surface area contributed by atoms with Gasteiger partial charge in [0.2, 0.25) is 0 Å². The first-order valence-corrected chi connectivity index (χ1v) is 6.30. The molecule has 0 radical (unpaired) electrons. The number of benzene rings is 1. The average molecular weight is 227 g/mol. The summed E-state index contributed by atoms with van der Waals surface area (Å²) in [6.45, 7) is 11.1. The number of pyridine rings is 1. The summed E-state index contributed by atoms with van der Waals surface area (Å²) in [7, 11) is 0. The van der Waals surface area contributed by atoms with E-state index in [1.807, 2.05) is 0 Å². The van der Waals surface area contributed by atoms with Crippen molar-refractivity contribution in [2.24, 2.45) is 0 Å². The van der Waals surface area contributed by atoms with Gasteiger partial charge in [0.15, 0.2) is 0 Å². The van der Waals surface area contributed by atoms with Crippen LogP contribution in [0, 0.1) is 0 Å². The molecule has 0 bridgehead atoms. The van der Waals surface area contributed by atoms with Crippen LogP contribution in [0.4, 0.5) is 0 Å². The number of aromatic nitrogens is 1. The highest BCUT2D eigenvalue weighted by atomic mass is 14.7. The Morgan fingerprint density at radius 2 is 1.71 bits per heavy atom. The maximum atomic E-state index is 4.87. The standard InChI is InChI=1S/C16H21N/c1-11(2)15-13-9-7-6-8-12(13)10-14(17-15)16(3,4)5/h6-11H,1-5H3. The predicted molar refractivity (Wildman–Crippen MR) is 74.5 cm³/mol. The molecular weight excluding hydrogens is 206 g/mol. The Labute approximate surface area is 104 Å². The van der Waals surface area contributed by atoms with E-state index in [0.29, 0.717) is 5.92 Å². The van der Waals surface area contributed by atoms with Gasteiger partial charge in [-0.3, -0.25) is 4.98 Å². The largest absolute Gasteiger partial charge is 0.256 e. The Kier molecular flexibility index (Phi) is 2.94. The normalized spacial score (nSPS) is 12.4. The zero-order chi connectivity index (χ0) is 12.6. The highest BCUT2D eigenvalue weighted by Crippen LogP contribution is 2.29. The Balaban J connectivity index is 2.76. The van der Waals surface area contributed by atoms with Gasteiger partial charge in [-0.1, -0.05) is 58.9 Å². The summed E-state index contributed by atoms with van der Waals surface area (Å²) in [6, 6.07) is 10.8. The third-order valence-electron chi connectivity index (χ3n) is 3.09. The molecule has 2 rings (SSSR count). The molecule has 0 aliphatic rings. The molecule has 2 aromatic rings. The van der Waals surface area contributed by atoms with Crippen molar-refractivity contribution in [1.29, 1.82) is 0 Å². The van der Waals surface area contributed by atoms with E-state index >= 15 is 0 Å². The highest BCUT2D eigenvalue weighted by Gasteiger charge is 2.18. The summed E-state index contributed by atoms with van der Waals surface area (Å²) in [6.07, 6.45) is 0. The summed E-state index contributed by atoms with van der Waals surface area (Å²) in [5.41, 5.74) is 2.50. The molecule has 1 nitrogen and oxygen atoms in total. The van der Waals surface area contributed by atoms with Crippen LogP contribution in [0.1, 0.15) is 51.9 Å². The van der Waals surface area contributed by atoms with Gasteiger partial charge in [0.25, 0.3) is 0 Å². The second-order valence-electron chi connectivity index (χ2n) is 6.02. The minimum atomic E-state index is 0.105. The van der Waals surface area contributed by atoms with Crippen LogP contribution in [-0.2, 0) is 5.41 Å². The first-order valence-electron chi connectivity index (χ1n) is 6.30. The van der Waals surface area contributed by atoms with Crippen LogP contribution < -0.4 is 0 Å². The lowest BCUT2D eigenvalue weighted by molar-refractivity contribution is 0.565. The SMILES string of the molecule is CC(C)c1nc(C(C)(C)C)cc2ccccc12. The van der Waals surface area contributed by atoms with Gasteiger partial charge in [-0.05, 0) is 17.4 Å². The van der Waals surface area contributed by atoms with Gasteiger partial charge in [-0.15, -0.1) is 0 Å². The number of fused-ring (bicyclic) bond motifs is 1. The molecule has 0 saturated carbocycles. The van der Waals surface area contributed by atoms with Crippen LogP contribution in [0.15, 0.2) is 30.3 Å². The van der Waals surface area contributed by atoms with Crippen molar-refractivity contribution in [2.45, 2.75) is 46.0 Å². The first-order chi connectivity index (χ1) is 7.89. The Bertz CT molecular complexity index is 533. The van der Waals surface area contributed by atoms with Gasteiger partial charge in [-0.25, -0.2) is 0 Å². The van der Waals surface area contributed by atoms with Crippen LogP contribution in [-0.4, -0.2) is 4.98 Å². The van der Waals surface area contributed by atoms with Crippen molar-refractivity contribution in [3.63, 3.8) is 0 Å². The zero-order valence-electron chi connectivity index (χ0n) is 11.4. The minimum Gasteiger partial charge on any atom is -0.256 e. The van der Waals surface area contributed by atoms with E-state index in [2.05, 4.69) is 65.0 Å². The smallest absolute Gasteiger partial charge is 0.0510 e. The van der Waals surface area contributed by atoms with Crippen molar-refractivity contribution in [3.8, 4) is 0 Å². The third-order valence-corrected chi connectivity index (χ3v) is 3.09. The third kappa shape index (κ3) is 2.33. The molecule has 1 aromatic carbocycles. The van der Waals surface area contributed by atoms with E-state index in [-0.39, 0.29) is 5.41 Å². The van der Waals surface area contributed by atoms with E-state index < -0.39 is 0 Å². The fourth-order valence-corrected chi connectivity index (χ4v) is 2.05. The van der Waals surface area contributed by atoms with E-state index in [4.69, 9.17) is 4.98 Å². The van der Waals surface area contributed by atoms with Gasteiger partial charge in [0.1, 0.15) is 0 Å². The van der Waals surface area contributed by atoms with E-state index in [1.165, 1.54) is 22.2 Å². The van der Waals surface area contributed by atoms with Crippen molar-refractivity contribution in [1.82, 2.24) is 4.98 Å². The van der Waals surface area contributed by atoms with Gasteiger partial charge in [0.05, 0.1) is 5.69 Å². The van der Waals surface area contributed by atoms with E-state index in [1.54, 1.807) is 0 Å². The average Bonchev–Trinajstić information content (AvgIpc) is 2.26. The van der Waals surface area contributed by atoms with Gasteiger partial charge < -0.3 is 0 Å². The lowest BCUT2D eigenvalue weighted by Gasteiger charge is -2.21. The van der Waals surface area contributed by atoms with Crippen LogP contribution in [0.5, 0.6) is 0 Å². The van der Waals surface area contributed by atoms with Crippen molar-refractivity contribution >= 4 is 10.8 Å². The van der Waals surface area contributed by atoms with Crippen LogP contribution in [0.2, 0.25) is 0 Å². The summed E-state index contributed by atoms with van der Waals surface area (Å²) in [5.74, 6) is 0.460. The Hall–Kier alpha value is -1.37. The van der Waals surface area contributed by atoms with E-state index in [9.17, 15) is 0 Å². The molecule has 1 aromatic heterocycles. The molecule has 1 heterocycles. The molecule has 0 saturated heterocycles. The Morgan fingerprint density at radius 1 is 1.06 bits per heavy atom. The molecule has 0 atom stereocenters. The van der Waals surface area contributed by atoms with Crippen molar-refractivity contribution in [2.75, 3.05) is 0 Å². The number of rotatable bonds is 1. The maximum Gasteiger partial charge on any atom is 0.0510 e. The van der Waals surface area contributed by atoms with E-state index in [0.717, 1.165) is 0 Å². The highest BCUT2D eigenvalue weighted by molar-refractivity contribution is 5.85. The lowest BCUT2D eigenvalue weighted by Crippen LogP contribution is -2.15. The van der Waals surface area contributed by atoms with Crippen molar-refractivity contribution in [3.05, 3.63) is 41.7 Å². The number of hydrogen-bond acceptors (Lipinski definition) is 1. The molecule has 0 unspecified atom stereocenters. The Morgan fingerprint density at radius 3 is 2.29 bits per heavy atom. The molecule has 0 fully saturated rings. The molecule has 0 amide bonds. The summed E-state index contributed by atoms with van der Waals surface area (Å²) in [5, 5.41) is 2.59.